The molecule has 9 heteroatoms. The summed E-state index contributed by atoms with van der Waals surface area (Å²) in [4.78, 5) is 42.9. The molecule has 1 fully saturated rings. The Bertz CT molecular complexity index is 694. The number of carbonyl (C=O) groups is 2. The molecule has 132 valence electrons. The van der Waals surface area contributed by atoms with E-state index in [0.717, 1.165) is 0 Å². The van der Waals surface area contributed by atoms with Gasteiger partial charge in [0.05, 0.1) is 0 Å². The fourth-order valence-corrected chi connectivity index (χ4v) is 2.15. The lowest BCUT2D eigenvalue weighted by atomic mass is 9.96. The number of nitrogens with one attached hydrogen (secondary N) is 1. The minimum Gasteiger partial charge on any atom is -0.436 e. The van der Waals surface area contributed by atoms with Crippen molar-refractivity contribution < 1.29 is 19.1 Å². The van der Waals surface area contributed by atoms with Crippen LogP contribution in [-0.2, 0) is 19.1 Å². The van der Waals surface area contributed by atoms with Gasteiger partial charge in [0.1, 0.15) is 12.6 Å². The van der Waals surface area contributed by atoms with E-state index in [-0.39, 0.29) is 17.8 Å². The predicted octanol–water partition coefficient (Wildman–Crippen LogP) is 1.07. The maximum atomic E-state index is 12.2. The largest absolute Gasteiger partial charge is 0.436 e. The van der Waals surface area contributed by atoms with Crippen LogP contribution in [0.5, 0.6) is 0 Å². The van der Waals surface area contributed by atoms with E-state index in [2.05, 4.69) is 15.3 Å². The van der Waals surface area contributed by atoms with E-state index in [4.69, 9.17) is 9.47 Å². The quantitative estimate of drug-likeness (QED) is 0.820. The number of esters is 1. The number of amides is 1. The molecule has 1 aromatic rings. The molecule has 24 heavy (non-hydrogen) atoms. The van der Waals surface area contributed by atoms with Gasteiger partial charge in [0.25, 0.3) is 0 Å². The number of aromatic nitrogens is 3. The number of carbonyl (C=O) groups excluding carboxylic acids is 2. The molecule has 1 aromatic heterocycles. The third-order valence-electron chi connectivity index (χ3n) is 3.55. The minimum absolute atomic E-state index is 0.0567. The van der Waals surface area contributed by atoms with Gasteiger partial charge < -0.3 is 9.47 Å². The standard InChI is InChI=1S/C15H22N4O5/c1-8-6-10(24-11(8)23-9(2)20)19-7-16-13(18-14(19)22)17-12(21)15(3,4)5/h7-8,10-11H,6H2,1-5H3,(H,17,18,21,22)/t8-,10+,11-/m0/s1. The second-order valence-electron chi connectivity index (χ2n) is 6.86. The zero-order chi connectivity index (χ0) is 18.1. The Morgan fingerprint density at radius 2 is 2.08 bits per heavy atom. The van der Waals surface area contributed by atoms with Crippen LogP contribution in [0.15, 0.2) is 11.1 Å². The van der Waals surface area contributed by atoms with Crippen molar-refractivity contribution >= 4 is 17.8 Å². The van der Waals surface area contributed by atoms with Gasteiger partial charge >= 0.3 is 11.7 Å². The number of anilines is 1. The molecule has 0 unspecified atom stereocenters. The van der Waals surface area contributed by atoms with Crippen molar-refractivity contribution in [1.29, 1.82) is 0 Å². The molecule has 2 rings (SSSR count). The number of nitrogens with zero attached hydrogens (tertiary/aromatic N) is 3. The topological polar surface area (TPSA) is 112 Å². The van der Waals surface area contributed by atoms with Crippen LogP contribution in [0.4, 0.5) is 5.95 Å². The third kappa shape index (κ3) is 4.16. The fourth-order valence-electron chi connectivity index (χ4n) is 2.15. The van der Waals surface area contributed by atoms with Gasteiger partial charge in [-0.2, -0.15) is 4.98 Å². The summed E-state index contributed by atoms with van der Waals surface area (Å²) in [5.74, 6) is -0.860. The van der Waals surface area contributed by atoms with E-state index in [0.29, 0.717) is 6.42 Å². The predicted molar refractivity (Wildman–Crippen MR) is 83.8 cm³/mol. The normalized spacial score (nSPS) is 23.8. The van der Waals surface area contributed by atoms with E-state index >= 15 is 0 Å². The first-order valence-corrected chi connectivity index (χ1v) is 7.67. The average molecular weight is 338 g/mol. The van der Waals surface area contributed by atoms with Gasteiger partial charge in [-0.25, -0.2) is 9.78 Å². The second kappa shape index (κ2) is 6.68. The van der Waals surface area contributed by atoms with Crippen LogP contribution in [0.2, 0.25) is 0 Å². The molecule has 1 aliphatic rings. The Kier molecular flexibility index (Phi) is 5.02. The summed E-state index contributed by atoms with van der Waals surface area (Å²) in [5, 5.41) is 2.50. The van der Waals surface area contributed by atoms with E-state index in [9.17, 15) is 14.4 Å². The molecule has 0 bridgehead atoms. The number of rotatable bonds is 3. The fraction of sp³-hybridized carbons (Fsp3) is 0.667. The molecule has 0 spiro atoms. The van der Waals surface area contributed by atoms with Crippen LogP contribution >= 0.6 is 0 Å². The van der Waals surface area contributed by atoms with Gasteiger partial charge in [0, 0.05) is 24.7 Å². The lowest BCUT2D eigenvalue weighted by molar-refractivity contribution is -0.184. The maximum Gasteiger partial charge on any atom is 0.354 e. The molecule has 0 saturated carbocycles. The molecule has 1 aliphatic heterocycles. The smallest absolute Gasteiger partial charge is 0.354 e. The highest BCUT2D eigenvalue weighted by molar-refractivity contribution is 5.92. The summed E-state index contributed by atoms with van der Waals surface area (Å²) in [6, 6.07) is 0. The van der Waals surface area contributed by atoms with Crippen molar-refractivity contribution in [3.05, 3.63) is 16.8 Å². The number of hydrogen-bond donors (Lipinski definition) is 1. The molecule has 3 atom stereocenters. The maximum absolute atomic E-state index is 12.2. The zero-order valence-electron chi connectivity index (χ0n) is 14.4. The molecular formula is C15H22N4O5. The molecule has 1 saturated heterocycles. The highest BCUT2D eigenvalue weighted by Crippen LogP contribution is 2.32. The van der Waals surface area contributed by atoms with Crippen molar-refractivity contribution in [2.45, 2.75) is 53.6 Å². The SMILES string of the molecule is CC(=O)O[C@H]1O[C@@H](n2cnc(NC(=O)C(C)(C)C)nc2=O)C[C@@H]1C. The number of hydrogen-bond acceptors (Lipinski definition) is 7. The van der Waals surface area contributed by atoms with Crippen molar-refractivity contribution in [1.82, 2.24) is 14.5 Å². The van der Waals surface area contributed by atoms with E-state index in [1.54, 1.807) is 20.8 Å². The van der Waals surface area contributed by atoms with E-state index in [1.807, 2.05) is 6.92 Å². The summed E-state index contributed by atoms with van der Waals surface area (Å²) >= 11 is 0. The summed E-state index contributed by atoms with van der Waals surface area (Å²) in [7, 11) is 0. The number of ether oxygens (including phenoxy) is 2. The average Bonchev–Trinajstić information content (AvgIpc) is 2.78. The molecular weight excluding hydrogens is 316 g/mol. The van der Waals surface area contributed by atoms with Gasteiger partial charge in [-0.05, 0) is 0 Å². The molecule has 1 amide bonds. The monoisotopic (exact) mass is 338 g/mol. The summed E-state index contributed by atoms with van der Waals surface area (Å²) in [6.07, 6.45) is 0.416. The third-order valence-corrected chi connectivity index (χ3v) is 3.55. The Hall–Kier alpha value is -2.29. The van der Waals surface area contributed by atoms with E-state index in [1.165, 1.54) is 17.8 Å². The van der Waals surface area contributed by atoms with Crippen molar-refractivity contribution in [2.75, 3.05) is 5.32 Å². The Morgan fingerprint density at radius 3 is 2.62 bits per heavy atom. The Labute approximate surface area is 139 Å². The first-order valence-electron chi connectivity index (χ1n) is 7.67. The van der Waals surface area contributed by atoms with Crippen LogP contribution in [0.3, 0.4) is 0 Å². The van der Waals surface area contributed by atoms with Crippen LogP contribution in [-0.4, -0.2) is 32.7 Å². The van der Waals surface area contributed by atoms with Crippen LogP contribution in [0, 0.1) is 11.3 Å². The molecule has 9 nitrogen and oxygen atoms in total. The lowest BCUT2D eigenvalue weighted by Gasteiger charge is -2.17. The first kappa shape index (κ1) is 18.1. The van der Waals surface area contributed by atoms with Crippen LogP contribution < -0.4 is 11.0 Å². The molecule has 1 N–H and O–H groups in total. The molecule has 0 radical (unpaired) electrons. The van der Waals surface area contributed by atoms with Gasteiger partial charge in [0.2, 0.25) is 18.1 Å². The minimum atomic E-state index is -0.709. The Balaban J connectivity index is 2.12. The lowest BCUT2D eigenvalue weighted by Crippen LogP contribution is -2.32. The molecule has 0 aromatic carbocycles. The highest BCUT2D eigenvalue weighted by atomic mass is 16.7. The van der Waals surface area contributed by atoms with Gasteiger partial charge in [-0.15, -0.1) is 0 Å². The van der Waals surface area contributed by atoms with Crippen molar-refractivity contribution in [3.8, 4) is 0 Å². The van der Waals surface area contributed by atoms with Crippen LogP contribution in [0.1, 0.15) is 47.3 Å². The van der Waals surface area contributed by atoms with E-state index < -0.39 is 29.6 Å². The Morgan fingerprint density at radius 1 is 1.42 bits per heavy atom. The first-order chi connectivity index (χ1) is 11.1. The van der Waals surface area contributed by atoms with Gasteiger partial charge in [0.15, 0.2) is 0 Å². The van der Waals surface area contributed by atoms with Gasteiger partial charge in [-0.3, -0.25) is 19.5 Å². The molecule has 0 aliphatic carbocycles. The second-order valence-corrected chi connectivity index (χ2v) is 6.86. The van der Waals surface area contributed by atoms with Crippen molar-refractivity contribution in [2.24, 2.45) is 11.3 Å². The zero-order valence-corrected chi connectivity index (χ0v) is 14.4. The van der Waals surface area contributed by atoms with Crippen LogP contribution in [0.25, 0.3) is 0 Å². The molecule has 2 heterocycles. The van der Waals surface area contributed by atoms with Gasteiger partial charge in [-0.1, -0.05) is 27.7 Å². The van der Waals surface area contributed by atoms with Crippen molar-refractivity contribution in [3.63, 3.8) is 0 Å². The summed E-state index contributed by atoms with van der Waals surface area (Å²) < 4.78 is 11.8. The summed E-state index contributed by atoms with van der Waals surface area (Å²) in [6.45, 7) is 8.38. The highest BCUT2D eigenvalue weighted by Gasteiger charge is 2.36. The summed E-state index contributed by atoms with van der Waals surface area (Å²) in [5.41, 5.74) is -1.23.